The second-order valence-electron chi connectivity index (χ2n) is 9.40. The van der Waals surface area contributed by atoms with Crippen LogP contribution in [0.25, 0.3) is 16.6 Å². The molecular weight excluding hydrogens is 482 g/mol. The lowest BCUT2D eigenvalue weighted by Crippen LogP contribution is -2.33. The van der Waals surface area contributed by atoms with Crippen molar-refractivity contribution in [3.8, 4) is 5.69 Å². The van der Waals surface area contributed by atoms with E-state index in [9.17, 15) is 19.2 Å². The van der Waals surface area contributed by atoms with Crippen molar-refractivity contribution < 1.29 is 9.59 Å². The number of aromatic amines is 1. The number of carbonyl (C=O) groups is 2. The fourth-order valence-corrected chi connectivity index (χ4v) is 4.75. The van der Waals surface area contributed by atoms with Crippen LogP contribution >= 0.6 is 0 Å². The standard InChI is InChI=1S/C29H29N5O4/c35-26(14-7-17-33-15-3-4-16-33)30-21-9-6-10-22(19-21)31-27(36)20-8-5-11-23(18-20)34-28(37)24-12-1-2-13-25(24)32-29(34)38/h1-2,5-6,8-13,18-19H,3-4,7,14-17H2,(H,30,35)(H,31,36)(H,32,38). The summed E-state index contributed by atoms with van der Waals surface area (Å²) in [6.07, 6.45) is 3.71. The molecule has 3 aromatic carbocycles. The summed E-state index contributed by atoms with van der Waals surface area (Å²) in [5, 5.41) is 6.08. The van der Waals surface area contributed by atoms with Gasteiger partial charge in [0.1, 0.15) is 0 Å². The molecule has 9 heteroatoms. The molecular formula is C29H29N5O4. The molecule has 0 bridgehead atoms. The number of anilines is 2. The highest BCUT2D eigenvalue weighted by molar-refractivity contribution is 6.05. The molecule has 2 heterocycles. The zero-order valence-corrected chi connectivity index (χ0v) is 20.9. The molecule has 5 rings (SSSR count). The first kappa shape index (κ1) is 25.2. The summed E-state index contributed by atoms with van der Waals surface area (Å²) in [6.45, 7) is 3.16. The molecule has 0 spiro atoms. The molecule has 0 unspecified atom stereocenters. The zero-order chi connectivity index (χ0) is 26.5. The third kappa shape index (κ3) is 5.73. The number of fused-ring (bicyclic) bond motifs is 1. The number of rotatable bonds is 8. The summed E-state index contributed by atoms with van der Waals surface area (Å²) in [4.78, 5) is 56.1. The Bertz CT molecular complexity index is 1600. The number of nitrogens with zero attached hydrogens (tertiary/aromatic N) is 2. The minimum atomic E-state index is -0.588. The van der Waals surface area contributed by atoms with E-state index in [0.29, 0.717) is 28.7 Å². The van der Waals surface area contributed by atoms with Gasteiger partial charge in [-0.2, -0.15) is 0 Å². The fourth-order valence-electron chi connectivity index (χ4n) is 4.75. The molecule has 3 N–H and O–H groups in total. The van der Waals surface area contributed by atoms with Gasteiger partial charge in [0.15, 0.2) is 0 Å². The quantitative estimate of drug-likeness (QED) is 0.333. The van der Waals surface area contributed by atoms with Crippen molar-refractivity contribution in [3.05, 3.63) is 99.2 Å². The lowest BCUT2D eigenvalue weighted by atomic mass is 10.1. The number of benzene rings is 3. The monoisotopic (exact) mass is 511 g/mol. The van der Waals surface area contributed by atoms with Gasteiger partial charge < -0.3 is 20.5 Å². The van der Waals surface area contributed by atoms with Gasteiger partial charge in [-0.3, -0.25) is 14.4 Å². The van der Waals surface area contributed by atoms with Gasteiger partial charge in [-0.05, 0) is 87.4 Å². The Hall–Kier alpha value is -4.50. The SMILES string of the molecule is O=C(CCCN1CCCC1)Nc1cccc(NC(=O)c2cccc(-n3c(=O)[nH]c4ccccc4c3=O)c2)c1. The average Bonchev–Trinajstić information content (AvgIpc) is 3.43. The van der Waals surface area contributed by atoms with Crippen LogP contribution in [-0.2, 0) is 4.79 Å². The Morgan fingerprint density at radius 1 is 0.842 bits per heavy atom. The van der Waals surface area contributed by atoms with Crippen molar-refractivity contribution in [1.82, 2.24) is 14.5 Å². The second-order valence-corrected chi connectivity index (χ2v) is 9.40. The molecule has 4 aromatic rings. The van der Waals surface area contributed by atoms with Crippen LogP contribution < -0.4 is 21.9 Å². The van der Waals surface area contributed by atoms with E-state index in [1.165, 1.54) is 18.9 Å². The number of carbonyl (C=O) groups excluding carboxylic acids is 2. The Balaban J connectivity index is 1.27. The first-order valence-corrected chi connectivity index (χ1v) is 12.8. The van der Waals surface area contributed by atoms with Crippen LogP contribution in [0.4, 0.5) is 11.4 Å². The minimum absolute atomic E-state index is 0.0635. The van der Waals surface area contributed by atoms with E-state index < -0.39 is 17.2 Å². The number of nitrogens with one attached hydrogen (secondary N) is 3. The van der Waals surface area contributed by atoms with Gasteiger partial charge in [-0.1, -0.05) is 24.3 Å². The number of hydrogen-bond acceptors (Lipinski definition) is 5. The van der Waals surface area contributed by atoms with Crippen LogP contribution in [0.2, 0.25) is 0 Å². The van der Waals surface area contributed by atoms with E-state index in [1.54, 1.807) is 66.7 Å². The number of aromatic nitrogens is 2. The summed E-state index contributed by atoms with van der Waals surface area (Å²) in [7, 11) is 0. The number of H-pyrrole nitrogens is 1. The van der Waals surface area contributed by atoms with Gasteiger partial charge in [0.05, 0.1) is 16.6 Å². The number of amides is 2. The normalized spacial score (nSPS) is 13.5. The third-order valence-electron chi connectivity index (χ3n) is 6.65. The third-order valence-corrected chi connectivity index (χ3v) is 6.65. The number of para-hydroxylation sites is 1. The highest BCUT2D eigenvalue weighted by atomic mass is 16.2. The van der Waals surface area contributed by atoms with E-state index in [4.69, 9.17) is 0 Å². The van der Waals surface area contributed by atoms with Crippen molar-refractivity contribution in [3.63, 3.8) is 0 Å². The Kier molecular flexibility index (Phi) is 7.46. The predicted octanol–water partition coefficient (Wildman–Crippen LogP) is 3.75. The lowest BCUT2D eigenvalue weighted by molar-refractivity contribution is -0.116. The van der Waals surface area contributed by atoms with Gasteiger partial charge >= 0.3 is 5.69 Å². The van der Waals surface area contributed by atoms with E-state index in [0.717, 1.165) is 30.6 Å². The Labute approximate surface area is 219 Å². The molecule has 0 aliphatic carbocycles. The molecule has 38 heavy (non-hydrogen) atoms. The maximum atomic E-state index is 13.0. The van der Waals surface area contributed by atoms with Gasteiger partial charge in [-0.15, -0.1) is 0 Å². The van der Waals surface area contributed by atoms with Crippen LogP contribution in [0.3, 0.4) is 0 Å². The van der Waals surface area contributed by atoms with Crippen LogP contribution in [0.15, 0.2) is 82.4 Å². The van der Waals surface area contributed by atoms with Crippen molar-refractivity contribution >= 4 is 34.1 Å². The van der Waals surface area contributed by atoms with Gasteiger partial charge in [0.2, 0.25) is 5.91 Å². The zero-order valence-electron chi connectivity index (χ0n) is 20.9. The molecule has 2 amide bonds. The van der Waals surface area contributed by atoms with E-state index in [1.807, 2.05) is 0 Å². The van der Waals surface area contributed by atoms with Crippen molar-refractivity contribution in [2.45, 2.75) is 25.7 Å². The topological polar surface area (TPSA) is 116 Å². The number of likely N-dealkylation sites (tertiary alicyclic amines) is 1. The maximum Gasteiger partial charge on any atom is 0.333 e. The van der Waals surface area contributed by atoms with E-state index >= 15 is 0 Å². The first-order valence-electron chi connectivity index (χ1n) is 12.8. The van der Waals surface area contributed by atoms with Crippen LogP contribution in [0.5, 0.6) is 0 Å². The second kappa shape index (κ2) is 11.3. The van der Waals surface area contributed by atoms with Gasteiger partial charge in [0, 0.05) is 23.4 Å². The summed E-state index contributed by atoms with van der Waals surface area (Å²) in [6, 6.07) is 20.0. The molecule has 0 atom stereocenters. The highest BCUT2D eigenvalue weighted by Gasteiger charge is 2.14. The largest absolute Gasteiger partial charge is 0.333 e. The molecule has 1 aliphatic heterocycles. The average molecular weight is 512 g/mol. The molecule has 0 saturated carbocycles. The van der Waals surface area contributed by atoms with Crippen molar-refractivity contribution in [1.29, 1.82) is 0 Å². The van der Waals surface area contributed by atoms with Gasteiger partial charge in [-0.25, -0.2) is 9.36 Å². The summed E-state index contributed by atoms with van der Waals surface area (Å²) < 4.78 is 1.01. The van der Waals surface area contributed by atoms with Crippen molar-refractivity contribution in [2.75, 3.05) is 30.3 Å². The van der Waals surface area contributed by atoms with Crippen LogP contribution in [-0.4, -0.2) is 45.9 Å². The maximum absolute atomic E-state index is 13.0. The Morgan fingerprint density at radius 2 is 1.58 bits per heavy atom. The lowest BCUT2D eigenvalue weighted by Gasteiger charge is -2.14. The van der Waals surface area contributed by atoms with Crippen molar-refractivity contribution in [2.24, 2.45) is 0 Å². The van der Waals surface area contributed by atoms with E-state index in [2.05, 4.69) is 20.5 Å². The number of hydrogen-bond donors (Lipinski definition) is 3. The van der Waals surface area contributed by atoms with E-state index in [-0.39, 0.29) is 17.2 Å². The molecule has 1 aromatic heterocycles. The molecule has 1 aliphatic rings. The highest BCUT2D eigenvalue weighted by Crippen LogP contribution is 2.18. The fraction of sp³-hybridized carbons (Fsp3) is 0.241. The summed E-state index contributed by atoms with van der Waals surface area (Å²) in [5.41, 5.74) is 1.06. The van der Waals surface area contributed by atoms with Crippen LogP contribution in [0, 0.1) is 0 Å². The Morgan fingerprint density at radius 3 is 2.39 bits per heavy atom. The smallest absolute Gasteiger partial charge is 0.326 e. The predicted molar refractivity (Wildman–Crippen MR) is 148 cm³/mol. The molecule has 0 radical (unpaired) electrons. The summed E-state index contributed by atoms with van der Waals surface area (Å²) in [5.74, 6) is -0.474. The molecule has 194 valence electrons. The van der Waals surface area contributed by atoms with Gasteiger partial charge in [0.25, 0.3) is 11.5 Å². The minimum Gasteiger partial charge on any atom is -0.326 e. The molecule has 9 nitrogen and oxygen atoms in total. The molecule has 1 saturated heterocycles. The molecule has 1 fully saturated rings. The first-order chi connectivity index (χ1) is 18.5. The summed E-state index contributed by atoms with van der Waals surface area (Å²) >= 11 is 0. The van der Waals surface area contributed by atoms with Crippen LogP contribution in [0.1, 0.15) is 36.0 Å².